The maximum atomic E-state index is 13.9. The Kier molecular flexibility index (Phi) is 6.31. The lowest BCUT2D eigenvalue weighted by atomic mass is 10.0. The molecule has 2 aromatic carbocycles. The van der Waals surface area contributed by atoms with Crippen molar-refractivity contribution in [3.63, 3.8) is 0 Å². The lowest BCUT2D eigenvalue weighted by Crippen LogP contribution is -2.51. The Labute approximate surface area is 197 Å². The lowest BCUT2D eigenvalue weighted by Gasteiger charge is -2.33. The Hall–Kier alpha value is -2.76. The van der Waals surface area contributed by atoms with E-state index < -0.39 is 9.97 Å². The van der Waals surface area contributed by atoms with Gasteiger partial charge in [0.1, 0.15) is 0 Å². The third-order valence-corrected chi connectivity index (χ3v) is 6.13. The van der Waals surface area contributed by atoms with Crippen LogP contribution in [0.25, 0.3) is 11.0 Å². The molecule has 2 heterocycles. The number of para-hydroxylation sites is 2. The van der Waals surface area contributed by atoms with Crippen LogP contribution in [0.3, 0.4) is 0 Å². The fraction of sp³-hybridized carbons (Fsp3) is 0.318. The molecule has 4 rings (SSSR count). The van der Waals surface area contributed by atoms with Crippen molar-refractivity contribution in [3.8, 4) is 0 Å². The molecule has 3 aromatic rings. The van der Waals surface area contributed by atoms with Crippen molar-refractivity contribution in [3.05, 3.63) is 59.7 Å². The van der Waals surface area contributed by atoms with Crippen molar-refractivity contribution in [2.24, 2.45) is 0 Å². The van der Waals surface area contributed by atoms with E-state index in [1.807, 2.05) is 24.3 Å². The number of hydrogen-bond acceptors (Lipinski definition) is 4. The van der Waals surface area contributed by atoms with E-state index >= 15 is 0 Å². The number of halogens is 3. The van der Waals surface area contributed by atoms with Gasteiger partial charge in [-0.15, -0.1) is 0 Å². The van der Waals surface area contributed by atoms with E-state index in [4.69, 9.17) is 0 Å². The van der Waals surface area contributed by atoms with Crippen molar-refractivity contribution in [2.45, 2.75) is 16.4 Å². The van der Waals surface area contributed by atoms with Crippen molar-refractivity contribution in [1.82, 2.24) is 19.8 Å². The minimum absolute atomic E-state index is 0.00961. The summed E-state index contributed by atoms with van der Waals surface area (Å²) in [6.45, 7) is 0.908. The Bertz CT molecular complexity index is 1110. The number of nitrogens with one attached hydrogen (secondary N) is 2. The molecule has 1 atom stereocenters. The summed E-state index contributed by atoms with van der Waals surface area (Å²) < 4.78 is 24.8. The Morgan fingerprint density at radius 2 is 2.03 bits per heavy atom. The van der Waals surface area contributed by atoms with Crippen molar-refractivity contribution in [1.29, 1.82) is 0 Å². The van der Waals surface area contributed by atoms with E-state index in [1.54, 1.807) is 24.1 Å². The molecular weight excluding hydrogens is 531 g/mol. The van der Waals surface area contributed by atoms with Crippen LogP contribution in [0.4, 0.5) is 14.7 Å². The Morgan fingerprint density at radius 3 is 2.75 bits per heavy atom. The number of aromatic nitrogens is 2. The number of benzene rings is 2. The third kappa shape index (κ3) is 5.00. The minimum Gasteiger partial charge on any atom is -0.348 e. The highest BCUT2D eigenvalue weighted by Crippen LogP contribution is 2.36. The maximum absolute atomic E-state index is 13.9. The first kappa shape index (κ1) is 22.4. The van der Waals surface area contributed by atoms with Crippen LogP contribution in [0.1, 0.15) is 23.6 Å². The van der Waals surface area contributed by atoms with E-state index in [9.17, 15) is 18.4 Å². The highest BCUT2D eigenvalue weighted by Gasteiger charge is 2.30. The van der Waals surface area contributed by atoms with Gasteiger partial charge in [0.2, 0.25) is 17.8 Å². The van der Waals surface area contributed by atoms with Crippen LogP contribution in [0, 0.1) is 0 Å². The second kappa shape index (κ2) is 9.00. The highest BCUT2D eigenvalue weighted by molar-refractivity contribution is 14.1. The topological polar surface area (TPSA) is 81.3 Å². The number of aromatic amines is 1. The van der Waals surface area contributed by atoms with Crippen LogP contribution in [0.15, 0.2) is 48.5 Å². The fourth-order valence-corrected chi connectivity index (χ4v) is 3.98. The van der Waals surface area contributed by atoms with Gasteiger partial charge in [-0.1, -0.05) is 30.3 Å². The first-order valence-corrected chi connectivity index (χ1v) is 11.2. The zero-order chi connectivity index (χ0) is 22.9. The van der Waals surface area contributed by atoms with Gasteiger partial charge in [-0.25, -0.2) is 4.98 Å². The number of rotatable bonds is 6. The number of nitrogens with zero attached hydrogens (tertiary/aromatic N) is 3. The third-order valence-electron chi connectivity index (χ3n) is 5.51. The molecule has 0 bridgehead atoms. The number of alkyl halides is 3. The largest absolute Gasteiger partial charge is 0.348 e. The molecule has 0 spiro atoms. The molecule has 2 N–H and O–H groups in total. The van der Waals surface area contributed by atoms with Crippen molar-refractivity contribution < 1.29 is 18.4 Å². The summed E-state index contributed by atoms with van der Waals surface area (Å²) in [6.07, 6.45) is -0.00961. The first-order chi connectivity index (χ1) is 15.2. The maximum Gasteiger partial charge on any atom is 0.321 e. The van der Waals surface area contributed by atoms with E-state index in [1.165, 1.54) is 17.0 Å². The van der Waals surface area contributed by atoms with Gasteiger partial charge >= 0.3 is 3.93 Å². The number of H-pyrrole nitrogens is 1. The number of carbonyl (C=O) groups is 2. The molecular formula is C22H22F2IN5O2. The number of amides is 2. The van der Waals surface area contributed by atoms with Crippen LogP contribution in [-0.4, -0.2) is 58.3 Å². The lowest BCUT2D eigenvalue weighted by molar-refractivity contribution is -0.144. The average Bonchev–Trinajstić information content (AvgIpc) is 3.17. The van der Waals surface area contributed by atoms with E-state index in [2.05, 4.69) is 15.3 Å². The van der Waals surface area contributed by atoms with Gasteiger partial charge in [-0.2, -0.15) is 8.78 Å². The molecule has 168 valence electrons. The molecule has 10 heteroatoms. The Balaban J connectivity index is 1.61. The fourth-order valence-electron chi connectivity index (χ4n) is 3.65. The molecule has 1 unspecified atom stereocenters. The summed E-state index contributed by atoms with van der Waals surface area (Å²) >= 11 is 1.09. The number of likely N-dealkylation sites (N-methyl/N-ethyl adjacent to an activating group) is 1. The molecule has 32 heavy (non-hydrogen) atoms. The van der Waals surface area contributed by atoms with Crippen LogP contribution in [0.2, 0.25) is 0 Å². The molecule has 0 radical (unpaired) electrons. The number of hydrogen-bond donors (Lipinski definition) is 2. The quantitative estimate of drug-likeness (QED) is 0.359. The number of imidazole rings is 1. The monoisotopic (exact) mass is 553 g/mol. The second-order valence-corrected chi connectivity index (χ2v) is 9.11. The standard InChI is InChI=1S/C22H22F2IN5O2/c1-29-9-10-30(13-20(29)32)19(31)12-18(14-5-4-6-15(11-14)22(23,24)25)28-21-26-16-7-2-3-8-17(16)27-21/h2-8,11,18H,9-10,12-13H2,1H3,(H2,26,27,28). The predicted molar refractivity (Wildman–Crippen MR) is 126 cm³/mol. The van der Waals surface area contributed by atoms with Crippen LogP contribution < -0.4 is 5.32 Å². The first-order valence-electron chi connectivity index (χ1n) is 10.1. The van der Waals surface area contributed by atoms with Gasteiger partial charge in [0, 0.05) is 48.3 Å². The minimum atomic E-state index is -3.04. The van der Waals surface area contributed by atoms with E-state index in [0.29, 0.717) is 24.6 Å². The number of anilines is 1. The molecule has 1 aliphatic rings. The molecule has 0 saturated carbocycles. The molecule has 0 aliphatic carbocycles. The van der Waals surface area contributed by atoms with E-state index in [-0.39, 0.29) is 30.3 Å². The van der Waals surface area contributed by atoms with Crippen LogP contribution in [0.5, 0.6) is 0 Å². The second-order valence-electron chi connectivity index (χ2n) is 7.76. The predicted octanol–water partition coefficient (Wildman–Crippen LogP) is 3.89. The molecule has 7 nitrogen and oxygen atoms in total. The summed E-state index contributed by atoms with van der Waals surface area (Å²) in [6, 6.07) is 12.9. The normalized spacial score (nSPS) is 15.8. The number of carbonyl (C=O) groups excluding carboxylic acids is 2. The molecule has 1 fully saturated rings. The van der Waals surface area contributed by atoms with Crippen LogP contribution in [-0.2, 0) is 13.5 Å². The zero-order valence-corrected chi connectivity index (χ0v) is 19.5. The van der Waals surface area contributed by atoms with Gasteiger partial charge in [0.05, 0.1) is 30.0 Å². The summed E-state index contributed by atoms with van der Waals surface area (Å²) in [7, 11) is 1.70. The summed E-state index contributed by atoms with van der Waals surface area (Å²) in [5.41, 5.74) is 1.96. The number of fused-ring (bicyclic) bond motifs is 1. The van der Waals surface area contributed by atoms with Crippen LogP contribution >= 0.6 is 22.6 Å². The SMILES string of the molecule is CN1CCN(C(=O)CC(Nc2nc3ccccc3[nH]2)c2cccc(C(F)(F)I)c2)CC1=O. The van der Waals surface area contributed by atoms with Crippen molar-refractivity contribution >= 4 is 51.4 Å². The van der Waals surface area contributed by atoms with Gasteiger partial charge in [-0.05, 0) is 23.8 Å². The molecule has 1 aromatic heterocycles. The molecule has 2 amide bonds. The zero-order valence-electron chi connectivity index (χ0n) is 17.3. The van der Waals surface area contributed by atoms with Gasteiger partial charge in [0.15, 0.2) is 0 Å². The van der Waals surface area contributed by atoms with Crippen molar-refractivity contribution in [2.75, 3.05) is 32.0 Å². The smallest absolute Gasteiger partial charge is 0.321 e. The number of piperazine rings is 1. The van der Waals surface area contributed by atoms with Gasteiger partial charge in [-0.3, -0.25) is 9.59 Å². The summed E-state index contributed by atoms with van der Waals surface area (Å²) in [4.78, 5) is 35.8. The molecule has 1 aliphatic heterocycles. The molecule has 1 saturated heterocycles. The van der Waals surface area contributed by atoms with Gasteiger partial charge in [0.25, 0.3) is 0 Å². The van der Waals surface area contributed by atoms with Gasteiger partial charge < -0.3 is 20.1 Å². The summed E-state index contributed by atoms with van der Waals surface area (Å²) in [5, 5.41) is 3.20. The highest BCUT2D eigenvalue weighted by atomic mass is 127. The van der Waals surface area contributed by atoms with E-state index in [0.717, 1.165) is 33.6 Å². The average molecular weight is 553 g/mol. The Morgan fingerprint density at radius 1 is 1.25 bits per heavy atom. The summed E-state index contributed by atoms with van der Waals surface area (Å²) in [5.74, 6) is 0.0785.